The number of nitrogens with two attached hydrogens (primary N) is 1. The van der Waals surface area contributed by atoms with Crippen LogP contribution in [0.3, 0.4) is 0 Å². The summed E-state index contributed by atoms with van der Waals surface area (Å²) in [6.07, 6.45) is 0.662. The quantitative estimate of drug-likeness (QED) is 0.858. The van der Waals surface area contributed by atoms with Gasteiger partial charge in [-0.15, -0.1) is 0 Å². The summed E-state index contributed by atoms with van der Waals surface area (Å²) in [4.78, 5) is 12.2. The fourth-order valence-corrected chi connectivity index (χ4v) is 2.46. The van der Waals surface area contributed by atoms with Gasteiger partial charge >= 0.3 is 5.97 Å². The molecular weight excluding hydrogens is 240 g/mol. The van der Waals surface area contributed by atoms with Crippen molar-refractivity contribution in [3.63, 3.8) is 0 Å². The molecule has 0 saturated heterocycles. The minimum absolute atomic E-state index is 0.000942. The van der Waals surface area contributed by atoms with E-state index in [2.05, 4.69) is 0 Å². The van der Waals surface area contributed by atoms with Crippen LogP contribution in [0.15, 0.2) is 24.3 Å². The molecule has 1 aromatic heterocycles. The van der Waals surface area contributed by atoms with E-state index in [9.17, 15) is 4.79 Å². The Labute approximate surface area is 113 Å². The largest absolute Gasteiger partial charge is 0.461 e. The molecule has 4 heteroatoms. The molecule has 2 aromatic rings. The van der Waals surface area contributed by atoms with Crippen LogP contribution in [-0.4, -0.2) is 23.2 Å². The summed E-state index contributed by atoms with van der Waals surface area (Å²) < 4.78 is 7.05. The molecule has 0 bridgehead atoms. The van der Waals surface area contributed by atoms with Crippen LogP contribution in [0.25, 0.3) is 10.9 Å². The Morgan fingerprint density at radius 1 is 1.42 bits per heavy atom. The molecule has 0 radical (unpaired) electrons. The lowest BCUT2D eigenvalue weighted by molar-refractivity contribution is 0.0514. The lowest BCUT2D eigenvalue weighted by Gasteiger charge is -2.09. The zero-order valence-corrected chi connectivity index (χ0v) is 11.6. The first kappa shape index (κ1) is 13.6. The number of hydrogen-bond acceptors (Lipinski definition) is 3. The van der Waals surface area contributed by atoms with E-state index in [-0.39, 0.29) is 12.0 Å². The predicted molar refractivity (Wildman–Crippen MR) is 76.2 cm³/mol. The smallest absolute Gasteiger partial charge is 0.355 e. The van der Waals surface area contributed by atoms with E-state index < -0.39 is 0 Å². The molecule has 0 saturated carbocycles. The molecular formula is C15H20N2O2. The summed E-state index contributed by atoms with van der Waals surface area (Å²) in [6.45, 7) is 4.13. The highest BCUT2D eigenvalue weighted by Crippen LogP contribution is 2.27. The minimum Gasteiger partial charge on any atom is -0.461 e. The third kappa shape index (κ3) is 2.49. The van der Waals surface area contributed by atoms with Gasteiger partial charge < -0.3 is 15.0 Å². The van der Waals surface area contributed by atoms with Gasteiger partial charge in [0.05, 0.1) is 6.61 Å². The topological polar surface area (TPSA) is 57.2 Å². The molecule has 1 heterocycles. The molecule has 102 valence electrons. The van der Waals surface area contributed by atoms with Gasteiger partial charge in [-0.2, -0.15) is 0 Å². The molecule has 0 spiro atoms. The number of esters is 1. The molecule has 0 aliphatic rings. The average molecular weight is 260 g/mol. The van der Waals surface area contributed by atoms with Crippen LogP contribution in [-0.2, 0) is 18.2 Å². The SMILES string of the molecule is CCOC(=O)c1c(C[C@@H](C)N)c2ccccc2n1C. The third-order valence-electron chi connectivity index (χ3n) is 3.21. The zero-order valence-electron chi connectivity index (χ0n) is 11.6. The van der Waals surface area contributed by atoms with Crippen LogP contribution in [0.5, 0.6) is 0 Å². The fourth-order valence-electron chi connectivity index (χ4n) is 2.46. The van der Waals surface area contributed by atoms with Gasteiger partial charge in [-0.3, -0.25) is 0 Å². The number of nitrogens with zero attached hydrogens (tertiary/aromatic N) is 1. The maximum absolute atomic E-state index is 12.2. The van der Waals surface area contributed by atoms with E-state index in [0.29, 0.717) is 18.7 Å². The van der Waals surface area contributed by atoms with Gasteiger partial charge in [0, 0.05) is 24.0 Å². The van der Waals surface area contributed by atoms with E-state index in [4.69, 9.17) is 10.5 Å². The van der Waals surface area contributed by atoms with Crippen molar-refractivity contribution in [1.82, 2.24) is 4.57 Å². The molecule has 0 aliphatic carbocycles. The molecule has 0 fully saturated rings. The summed E-state index contributed by atoms with van der Waals surface area (Å²) in [7, 11) is 1.89. The number of carbonyl (C=O) groups is 1. The van der Waals surface area contributed by atoms with Gasteiger partial charge in [0.1, 0.15) is 5.69 Å². The van der Waals surface area contributed by atoms with Crippen LogP contribution >= 0.6 is 0 Å². The highest BCUT2D eigenvalue weighted by Gasteiger charge is 2.22. The van der Waals surface area contributed by atoms with Gasteiger partial charge in [-0.05, 0) is 31.9 Å². The maximum atomic E-state index is 12.2. The van der Waals surface area contributed by atoms with Gasteiger partial charge in [0.25, 0.3) is 0 Å². The van der Waals surface area contributed by atoms with E-state index in [1.165, 1.54) is 0 Å². The second kappa shape index (κ2) is 5.45. The van der Waals surface area contributed by atoms with Gasteiger partial charge in [0.2, 0.25) is 0 Å². The molecule has 1 atom stereocenters. The van der Waals surface area contributed by atoms with Crippen molar-refractivity contribution in [2.75, 3.05) is 6.61 Å². The van der Waals surface area contributed by atoms with Crippen molar-refractivity contribution in [2.24, 2.45) is 12.8 Å². The van der Waals surface area contributed by atoms with Crippen molar-refractivity contribution in [3.8, 4) is 0 Å². The summed E-state index contributed by atoms with van der Waals surface area (Å²) in [5, 5.41) is 1.07. The highest BCUT2D eigenvalue weighted by molar-refractivity contribution is 5.99. The minimum atomic E-state index is -0.281. The lowest BCUT2D eigenvalue weighted by Crippen LogP contribution is -2.20. The van der Waals surface area contributed by atoms with Crippen molar-refractivity contribution >= 4 is 16.9 Å². The molecule has 19 heavy (non-hydrogen) atoms. The van der Waals surface area contributed by atoms with Gasteiger partial charge in [0.15, 0.2) is 0 Å². The van der Waals surface area contributed by atoms with E-state index in [1.54, 1.807) is 0 Å². The van der Waals surface area contributed by atoms with Crippen LogP contribution < -0.4 is 5.73 Å². The highest BCUT2D eigenvalue weighted by atomic mass is 16.5. The van der Waals surface area contributed by atoms with Crippen LogP contribution in [0.2, 0.25) is 0 Å². The number of aromatic nitrogens is 1. The van der Waals surface area contributed by atoms with Crippen LogP contribution in [0.4, 0.5) is 0 Å². The molecule has 4 nitrogen and oxygen atoms in total. The van der Waals surface area contributed by atoms with E-state index in [1.807, 2.05) is 49.7 Å². The van der Waals surface area contributed by atoms with Crippen LogP contribution in [0.1, 0.15) is 29.9 Å². The number of rotatable bonds is 4. The Kier molecular flexibility index (Phi) is 3.90. The Hall–Kier alpha value is -1.81. The molecule has 1 aromatic carbocycles. The normalized spacial score (nSPS) is 12.6. The summed E-state index contributed by atoms with van der Waals surface area (Å²) in [6, 6.07) is 7.96. The average Bonchev–Trinajstić information content (AvgIpc) is 2.63. The number of benzene rings is 1. The Morgan fingerprint density at radius 2 is 2.11 bits per heavy atom. The van der Waals surface area contributed by atoms with Gasteiger partial charge in [-0.25, -0.2) is 4.79 Å². The molecule has 0 amide bonds. The molecule has 2 N–H and O–H groups in total. The number of aryl methyl sites for hydroxylation is 1. The lowest BCUT2D eigenvalue weighted by atomic mass is 10.0. The molecule has 0 unspecified atom stereocenters. The second-order valence-electron chi connectivity index (χ2n) is 4.81. The standard InChI is InChI=1S/C15H20N2O2/c1-4-19-15(18)14-12(9-10(2)16)11-7-5-6-8-13(11)17(14)3/h5-8,10H,4,9,16H2,1-3H3/t10-/m1/s1. The number of hydrogen-bond donors (Lipinski definition) is 1. The van der Waals surface area contributed by atoms with Crippen LogP contribution in [0, 0.1) is 0 Å². The number of carbonyl (C=O) groups excluding carboxylic acids is 1. The molecule has 0 aliphatic heterocycles. The number of fused-ring (bicyclic) bond motifs is 1. The Bertz CT molecular complexity index is 599. The first-order valence-electron chi connectivity index (χ1n) is 6.55. The first-order chi connectivity index (χ1) is 9.06. The maximum Gasteiger partial charge on any atom is 0.355 e. The predicted octanol–water partition coefficient (Wildman–Crippen LogP) is 2.24. The van der Waals surface area contributed by atoms with E-state index >= 15 is 0 Å². The van der Waals surface area contributed by atoms with Crippen molar-refractivity contribution < 1.29 is 9.53 Å². The molecule has 2 rings (SSSR count). The zero-order chi connectivity index (χ0) is 14.0. The van der Waals surface area contributed by atoms with Crippen molar-refractivity contribution in [1.29, 1.82) is 0 Å². The Morgan fingerprint density at radius 3 is 2.74 bits per heavy atom. The van der Waals surface area contributed by atoms with Crippen molar-refractivity contribution in [2.45, 2.75) is 26.3 Å². The fraction of sp³-hybridized carbons (Fsp3) is 0.400. The number of para-hydroxylation sites is 1. The van der Waals surface area contributed by atoms with Crippen molar-refractivity contribution in [3.05, 3.63) is 35.5 Å². The van der Waals surface area contributed by atoms with E-state index in [0.717, 1.165) is 16.5 Å². The Balaban J connectivity index is 2.65. The second-order valence-corrected chi connectivity index (χ2v) is 4.81. The number of ether oxygens (including phenoxy) is 1. The monoisotopic (exact) mass is 260 g/mol. The van der Waals surface area contributed by atoms with Gasteiger partial charge in [-0.1, -0.05) is 18.2 Å². The summed E-state index contributed by atoms with van der Waals surface area (Å²) >= 11 is 0. The first-order valence-corrected chi connectivity index (χ1v) is 6.55. The summed E-state index contributed by atoms with van der Waals surface area (Å²) in [5.74, 6) is -0.281. The summed E-state index contributed by atoms with van der Waals surface area (Å²) in [5.41, 5.74) is 8.52. The third-order valence-corrected chi connectivity index (χ3v) is 3.21.